The molecule has 4 nitrogen and oxygen atoms in total. The minimum absolute atomic E-state index is 0.0256. The van der Waals surface area contributed by atoms with Crippen molar-refractivity contribution >= 4 is 30.8 Å². The SMILES string of the molecule is CCN(CC)CCNC(=O)c1cc[c]([Sn][C](C)(C)C)nc1. The molecule has 1 amide bonds. The van der Waals surface area contributed by atoms with Crippen LogP contribution in [0.3, 0.4) is 0 Å². The standard InChI is InChI=1S/C12H18N3O.C4H9.Sn/c1-3-15(4-2)9-8-14-12(16)11-6-5-7-13-10-11;1-4(2)3;/h5-6,10H,3-4,8-9H2,1-2H3,(H,14,16);1-3H3;. The zero-order valence-electron chi connectivity index (χ0n) is 13.9. The van der Waals surface area contributed by atoms with Gasteiger partial charge in [-0.2, -0.15) is 0 Å². The fraction of sp³-hybridized carbons (Fsp3) is 0.625. The number of carbonyl (C=O) groups excluding carboxylic acids is 1. The fourth-order valence-electron chi connectivity index (χ4n) is 1.96. The summed E-state index contributed by atoms with van der Waals surface area (Å²) in [4.78, 5) is 18.8. The van der Waals surface area contributed by atoms with Gasteiger partial charge in [-0.1, -0.05) is 0 Å². The van der Waals surface area contributed by atoms with Gasteiger partial charge in [0.1, 0.15) is 0 Å². The summed E-state index contributed by atoms with van der Waals surface area (Å²) in [5.74, 6) is -0.0256. The van der Waals surface area contributed by atoms with Crippen LogP contribution in [0, 0.1) is 0 Å². The molecule has 2 radical (unpaired) electrons. The van der Waals surface area contributed by atoms with E-state index in [0.29, 0.717) is 15.5 Å². The summed E-state index contributed by atoms with van der Waals surface area (Å²) < 4.78 is 1.58. The molecule has 21 heavy (non-hydrogen) atoms. The van der Waals surface area contributed by atoms with Crippen molar-refractivity contribution in [1.82, 2.24) is 15.2 Å². The first-order chi connectivity index (χ1) is 9.85. The van der Waals surface area contributed by atoms with E-state index in [4.69, 9.17) is 0 Å². The Balaban J connectivity index is 2.48. The first-order valence-corrected chi connectivity index (χ1v) is 10.5. The molecule has 116 valence electrons. The van der Waals surface area contributed by atoms with E-state index in [9.17, 15) is 4.79 Å². The number of carbonyl (C=O) groups is 1. The van der Waals surface area contributed by atoms with Crippen LogP contribution >= 0.6 is 0 Å². The van der Waals surface area contributed by atoms with Crippen LogP contribution in [0.4, 0.5) is 0 Å². The zero-order chi connectivity index (χ0) is 15.9. The number of aromatic nitrogens is 1. The van der Waals surface area contributed by atoms with Gasteiger partial charge in [-0.05, 0) is 0 Å². The Hall–Kier alpha value is -0.621. The molecule has 1 N–H and O–H groups in total. The van der Waals surface area contributed by atoms with E-state index in [1.165, 1.54) is 3.71 Å². The summed E-state index contributed by atoms with van der Waals surface area (Å²) in [5.41, 5.74) is 0.659. The molecule has 1 heterocycles. The molecule has 1 aromatic rings. The zero-order valence-corrected chi connectivity index (χ0v) is 16.7. The van der Waals surface area contributed by atoms with E-state index in [1.807, 2.05) is 12.1 Å². The van der Waals surface area contributed by atoms with Crippen LogP contribution in [-0.4, -0.2) is 63.1 Å². The van der Waals surface area contributed by atoms with Crippen molar-refractivity contribution < 1.29 is 4.79 Å². The molecule has 0 aliphatic carbocycles. The number of hydrogen-bond acceptors (Lipinski definition) is 3. The van der Waals surface area contributed by atoms with Crippen molar-refractivity contribution in [3.05, 3.63) is 23.9 Å². The molecule has 0 aliphatic rings. The Morgan fingerprint density at radius 3 is 2.43 bits per heavy atom. The molecule has 0 atom stereocenters. The van der Waals surface area contributed by atoms with Gasteiger partial charge in [-0.25, -0.2) is 0 Å². The number of rotatable bonds is 7. The van der Waals surface area contributed by atoms with Gasteiger partial charge in [0.05, 0.1) is 0 Å². The molecule has 5 heteroatoms. The van der Waals surface area contributed by atoms with Crippen LogP contribution in [0.25, 0.3) is 0 Å². The van der Waals surface area contributed by atoms with E-state index in [2.05, 4.69) is 49.8 Å². The number of pyridine rings is 1. The van der Waals surface area contributed by atoms with Crippen molar-refractivity contribution in [2.45, 2.75) is 38.0 Å². The van der Waals surface area contributed by atoms with Crippen molar-refractivity contribution in [1.29, 1.82) is 0 Å². The molecule has 0 fully saturated rings. The Kier molecular flexibility index (Phi) is 7.66. The van der Waals surface area contributed by atoms with Gasteiger partial charge >= 0.3 is 139 Å². The van der Waals surface area contributed by atoms with Crippen LogP contribution in [0.2, 0.25) is 3.43 Å². The maximum absolute atomic E-state index is 12.0. The average molecular weight is 396 g/mol. The molecular formula is C16H27N3OSn. The van der Waals surface area contributed by atoms with E-state index < -0.39 is 21.1 Å². The summed E-state index contributed by atoms with van der Waals surface area (Å²) in [5, 5.41) is 2.96. The van der Waals surface area contributed by atoms with Gasteiger partial charge in [0.15, 0.2) is 0 Å². The second kappa shape index (κ2) is 8.73. The Morgan fingerprint density at radius 1 is 1.29 bits per heavy atom. The number of hydrogen-bond donors (Lipinski definition) is 1. The van der Waals surface area contributed by atoms with Crippen molar-refractivity contribution in [3.63, 3.8) is 0 Å². The van der Waals surface area contributed by atoms with Crippen molar-refractivity contribution in [3.8, 4) is 0 Å². The second-order valence-electron chi connectivity index (χ2n) is 6.09. The van der Waals surface area contributed by atoms with Gasteiger partial charge in [-0.3, -0.25) is 0 Å². The van der Waals surface area contributed by atoms with Gasteiger partial charge in [-0.15, -0.1) is 0 Å². The predicted molar refractivity (Wildman–Crippen MR) is 89.5 cm³/mol. The van der Waals surface area contributed by atoms with Gasteiger partial charge in [0.25, 0.3) is 0 Å². The van der Waals surface area contributed by atoms with E-state index in [-0.39, 0.29) is 5.91 Å². The van der Waals surface area contributed by atoms with Gasteiger partial charge in [0.2, 0.25) is 0 Å². The Labute approximate surface area is 138 Å². The molecule has 0 aromatic carbocycles. The molecule has 0 saturated carbocycles. The third-order valence-corrected chi connectivity index (χ3v) is 6.85. The van der Waals surface area contributed by atoms with Gasteiger partial charge in [0, 0.05) is 0 Å². The maximum atomic E-state index is 12.0. The third kappa shape index (κ3) is 7.27. The summed E-state index contributed by atoms with van der Waals surface area (Å²) in [6.07, 6.45) is 1.72. The van der Waals surface area contributed by atoms with Crippen LogP contribution in [0.15, 0.2) is 18.3 Å². The number of nitrogens with one attached hydrogen (secondary N) is 1. The number of amides is 1. The summed E-state index contributed by atoms with van der Waals surface area (Å²) in [6, 6.07) is 3.93. The molecule has 1 aromatic heterocycles. The first kappa shape index (κ1) is 18.4. The number of likely N-dealkylation sites (N-methyl/N-ethyl adjacent to an activating group) is 1. The first-order valence-electron chi connectivity index (χ1n) is 7.60. The third-order valence-electron chi connectivity index (χ3n) is 3.14. The van der Waals surface area contributed by atoms with Crippen LogP contribution in [0.1, 0.15) is 45.0 Å². The summed E-state index contributed by atoms with van der Waals surface area (Å²) >= 11 is -0.690. The summed E-state index contributed by atoms with van der Waals surface area (Å²) in [6.45, 7) is 14.6. The summed E-state index contributed by atoms with van der Waals surface area (Å²) in [7, 11) is 0. The average Bonchev–Trinajstić information content (AvgIpc) is 2.42. The Bertz CT molecular complexity index is 436. The molecule has 1 rings (SSSR count). The topological polar surface area (TPSA) is 45.2 Å². The Morgan fingerprint density at radius 2 is 1.95 bits per heavy atom. The van der Waals surface area contributed by atoms with Gasteiger partial charge < -0.3 is 0 Å². The predicted octanol–water partition coefficient (Wildman–Crippen LogP) is 1.70. The van der Waals surface area contributed by atoms with Crippen LogP contribution in [-0.2, 0) is 0 Å². The number of nitrogens with zero attached hydrogens (tertiary/aromatic N) is 2. The van der Waals surface area contributed by atoms with Crippen LogP contribution < -0.4 is 9.03 Å². The van der Waals surface area contributed by atoms with Crippen molar-refractivity contribution in [2.24, 2.45) is 0 Å². The van der Waals surface area contributed by atoms with E-state index >= 15 is 0 Å². The second-order valence-corrected chi connectivity index (χ2v) is 12.5. The quantitative estimate of drug-likeness (QED) is 0.714. The normalized spacial score (nSPS) is 11.7. The van der Waals surface area contributed by atoms with Crippen molar-refractivity contribution in [2.75, 3.05) is 26.2 Å². The molecule has 0 spiro atoms. The fourth-order valence-corrected chi connectivity index (χ4v) is 4.99. The van der Waals surface area contributed by atoms with E-state index in [0.717, 1.165) is 19.6 Å². The molecule has 0 saturated heterocycles. The van der Waals surface area contributed by atoms with Crippen LogP contribution in [0.5, 0.6) is 0 Å². The molecule has 0 bridgehead atoms. The molecule has 0 unspecified atom stereocenters. The monoisotopic (exact) mass is 397 g/mol. The molecular weight excluding hydrogens is 369 g/mol. The minimum atomic E-state index is -0.690. The van der Waals surface area contributed by atoms with E-state index in [1.54, 1.807) is 6.20 Å². The molecule has 0 aliphatic heterocycles.